The Bertz CT molecular complexity index is 2530. The van der Waals surface area contributed by atoms with Gasteiger partial charge in [0.15, 0.2) is 5.58 Å². The van der Waals surface area contributed by atoms with Gasteiger partial charge in [-0.05, 0) is 68.6 Å². The van der Waals surface area contributed by atoms with E-state index in [0.717, 1.165) is 55.6 Å². The van der Waals surface area contributed by atoms with Gasteiger partial charge in [-0.25, -0.2) is 4.98 Å². The number of aromatic nitrogens is 1. The Morgan fingerprint density at radius 1 is 0.435 bits per heavy atom. The third-order valence-corrected chi connectivity index (χ3v) is 8.88. The third-order valence-electron chi connectivity index (χ3n) is 8.88. The number of fused-ring (bicyclic) bond motifs is 5. The van der Waals surface area contributed by atoms with Crippen molar-refractivity contribution in [3.63, 3.8) is 0 Å². The van der Waals surface area contributed by atoms with Crippen molar-refractivity contribution >= 4 is 60.7 Å². The number of para-hydroxylation sites is 1. The molecule has 2 aromatic heterocycles. The highest BCUT2D eigenvalue weighted by atomic mass is 16.3. The first-order chi connectivity index (χ1) is 22.8. The van der Waals surface area contributed by atoms with Crippen molar-refractivity contribution in [2.24, 2.45) is 0 Å². The summed E-state index contributed by atoms with van der Waals surface area (Å²) in [5, 5.41) is 5.83. The predicted octanol–water partition coefficient (Wildman–Crippen LogP) is 12.1. The molecule has 0 fully saturated rings. The van der Waals surface area contributed by atoms with Gasteiger partial charge in [0.1, 0.15) is 11.1 Å². The van der Waals surface area contributed by atoms with E-state index in [2.05, 4.69) is 169 Å². The zero-order valence-corrected chi connectivity index (χ0v) is 25.0. The summed E-state index contributed by atoms with van der Waals surface area (Å²) in [7, 11) is 0. The molecule has 3 heteroatoms. The Balaban J connectivity index is 1.22. The Labute approximate surface area is 266 Å². The first-order valence-corrected chi connectivity index (χ1v) is 15.5. The molecule has 0 aliphatic heterocycles. The molecular formula is C43H28N2O. The minimum atomic E-state index is 0.761. The normalized spacial score (nSPS) is 11.5. The van der Waals surface area contributed by atoms with Crippen LogP contribution in [0.3, 0.4) is 0 Å². The van der Waals surface area contributed by atoms with E-state index in [1.807, 2.05) is 6.20 Å². The number of anilines is 3. The summed E-state index contributed by atoms with van der Waals surface area (Å²) in [6.45, 7) is 0. The van der Waals surface area contributed by atoms with Gasteiger partial charge in [-0.2, -0.15) is 0 Å². The van der Waals surface area contributed by atoms with E-state index in [1.165, 1.54) is 27.3 Å². The summed E-state index contributed by atoms with van der Waals surface area (Å²) in [4.78, 5) is 7.30. The lowest BCUT2D eigenvalue weighted by Crippen LogP contribution is -2.11. The van der Waals surface area contributed by atoms with E-state index in [4.69, 9.17) is 9.40 Å². The number of pyridine rings is 1. The van der Waals surface area contributed by atoms with Crippen LogP contribution in [0.2, 0.25) is 0 Å². The highest BCUT2D eigenvalue weighted by Crippen LogP contribution is 2.43. The van der Waals surface area contributed by atoms with Crippen LogP contribution in [0, 0.1) is 0 Å². The summed E-state index contributed by atoms with van der Waals surface area (Å²) < 4.78 is 6.47. The van der Waals surface area contributed by atoms with Crippen LogP contribution < -0.4 is 4.90 Å². The molecule has 0 saturated heterocycles. The minimum Gasteiger partial charge on any atom is -0.454 e. The van der Waals surface area contributed by atoms with Crippen LogP contribution in [-0.4, -0.2) is 4.98 Å². The molecule has 9 aromatic rings. The molecule has 0 spiro atoms. The lowest BCUT2D eigenvalue weighted by molar-refractivity contribution is 0.668. The fourth-order valence-corrected chi connectivity index (χ4v) is 6.67. The van der Waals surface area contributed by atoms with Gasteiger partial charge in [0, 0.05) is 22.7 Å². The number of benzene rings is 7. The highest BCUT2D eigenvalue weighted by molar-refractivity contribution is 6.09. The Kier molecular flexibility index (Phi) is 6.14. The van der Waals surface area contributed by atoms with Gasteiger partial charge in [-0.15, -0.1) is 0 Å². The zero-order chi connectivity index (χ0) is 30.5. The van der Waals surface area contributed by atoms with Crippen LogP contribution in [0.1, 0.15) is 0 Å². The van der Waals surface area contributed by atoms with Gasteiger partial charge in [0.2, 0.25) is 0 Å². The second kappa shape index (κ2) is 10.8. The van der Waals surface area contributed by atoms with Crippen molar-refractivity contribution < 1.29 is 4.42 Å². The fraction of sp³-hybridized carbons (Fsp3) is 0. The summed E-state index contributed by atoms with van der Waals surface area (Å²) in [6.07, 6.45) is 1.97. The maximum Gasteiger partial charge on any atom is 0.155 e. The maximum absolute atomic E-state index is 6.47. The summed E-state index contributed by atoms with van der Waals surface area (Å²) in [6, 6.07) is 57.8. The quantitative estimate of drug-likeness (QED) is 0.200. The van der Waals surface area contributed by atoms with Crippen molar-refractivity contribution in [3.05, 3.63) is 170 Å². The van der Waals surface area contributed by atoms with Gasteiger partial charge in [-0.3, -0.25) is 0 Å². The van der Waals surface area contributed by atoms with Crippen molar-refractivity contribution in [2.75, 3.05) is 4.90 Å². The largest absolute Gasteiger partial charge is 0.454 e. The smallest absolute Gasteiger partial charge is 0.155 e. The van der Waals surface area contributed by atoms with E-state index >= 15 is 0 Å². The zero-order valence-electron chi connectivity index (χ0n) is 25.0. The molecule has 0 bridgehead atoms. The standard InChI is InChI=1S/C43H28N2O/c1-2-11-30(12-3-1)38-18-8-9-20-40(38)45(34-23-21-31(22-24-34)37-19-10-16-29-13-6-7-17-36(29)37)35-27-42-43(44-28-35)39-25-32-14-4-5-15-33(32)26-41(39)46-42/h1-28H. The van der Waals surface area contributed by atoms with Crippen molar-refractivity contribution in [2.45, 2.75) is 0 Å². The molecule has 7 aromatic carbocycles. The van der Waals surface area contributed by atoms with Gasteiger partial charge in [0.25, 0.3) is 0 Å². The Morgan fingerprint density at radius 2 is 1.09 bits per heavy atom. The van der Waals surface area contributed by atoms with Crippen molar-refractivity contribution in [3.8, 4) is 22.3 Å². The molecule has 0 aliphatic carbocycles. The first-order valence-electron chi connectivity index (χ1n) is 15.5. The van der Waals surface area contributed by atoms with Gasteiger partial charge in [0.05, 0.1) is 17.6 Å². The van der Waals surface area contributed by atoms with E-state index in [1.54, 1.807) is 0 Å². The lowest BCUT2D eigenvalue weighted by Gasteiger charge is -2.27. The summed E-state index contributed by atoms with van der Waals surface area (Å²) in [5.74, 6) is 0. The Hall–Kier alpha value is -6.19. The van der Waals surface area contributed by atoms with Crippen LogP contribution >= 0.6 is 0 Å². The van der Waals surface area contributed by atoms with E-state index < -0.39 is 0 Å². The monoisotopic (exact) mass is 588 g/mol. The molecule has 0 amide bonds. The number of furan rings is 1. The lowest BCUT2D eigenvalue weighted by atomic mass is 9.97. The van der Waals surface area contributed by atoms with Crippen LogP contribution in [-0.2, 0) is 0 Å². The van der Waals surface area contributed by atoms with Gasteiger partial charge < -0.3 is 9.32 Å². The third kappa shape index (κ3) is 4.41. The predicted molar refractivity (Wildman–Crippen MR) is 192 cm³/mol. The maximum atomic E-state index is 6.47. The number of nitrogens with zero attached hydrogens (tertiary/aromatic N) is 2. The fourth-order valence-electron chi connectivity index (χ4n) is 6.67. The van der Waals surface area contributed by atoms with Crippen LogP contribution in [0.15, 0.2) is 174 Å². The second-order valence-corrected chi connectivity index (χ2v) is 11.6. The van der Waals surface area contributed by atoms with Crippen molar-refractivity contribution in [1.82, 2.24) is 4.98 Å². The van der Waals surface area contributed by atoms with Gasteiger partial charge >= 0.3 is 0 Å². The van der Waals surface area contributed by atoms with Crippen LogP contribution in [0.4, 0.5) is 17.1 Å². The topological polar surface area (TPSA) is 29.3 Å². The Morgan fingerprint density at radius 3 is 1.93 bits per heavy atom. The molecule has 3 nitrogen and oxygen atoms in total. The molecule has 9 rings (SSSR count). The van der Waals surface area contributed by atoms with Gasteiger partial charge in [-0.1, -0.05) is 127 Å². The number of rotatable bonds is 5. The highest BCUT2D eigenvalue weighted by Gasteiger charge is 2.20. The molecular weight excluding hydrogens is 560 g/mol. The molecule has 216 valence electrons. The summed E-state index contributed by atoms with van der Waals surface area (Å²) in [5.41, 5.74) is 10.2. The molecule has 0 saturated carbocycles. The number of hydrogen-bond acceptors (Lipinski definition) is 3. The molecule has 2 heterocycles. The average molecular weight is 589 g/mol. The number of hydrogen-bond donors (Lipinski definition) is 0. The minimum absolute atomic E-state index is 0.761. The van der Waals surface area contributed by atoms with E-state index in [9.17, 15) is 0 Å². The molecule has 0 atom stereocenters. The van der Waals surface area contributed by atoms with E-state index in [0.29, 0.717) is 0 Å². The van der Waals surface area contributed by atoms with E-state index in [-0.39, 0.29) is 0 Å². The molecule has 0 radical (unpaired) electrons. The molecule has 0 N–H and O–H groups in total. The molecule has 0 unspecified atom stereocenters. The molecule has 46 heavy (non-hydrogen) atoms. The van der Waals surface area contributed by atoms with Crippen molar-refractivity contribution in [1.29, 1.82) is 0 Å². The summed E-state index contributed by atoms with van der Waals surface area (Å²) >= 11 is 0. The first kappa shape index (κ1) is 26.2. The average Bonchev–Trinajstić information content (AvgIpc) is 3.48. The van der Waals surface area contributed by atoms with Crippen LogP contribution in [0.5, 0.6) is 0 Å². The molecule has 0 aliphatic rings. The van der Waals surface area contributed by atoms with Crippen LogP contribution in [0.25, 0.3) is 65.9 Å². The second-order valence-electron chi connectivity index (χ2n) is 11.6. The SMILES string of the molecule is c1ccc(-c2ccccc2N(c2ccc(-c3cccc4ccccc34)cc2)c2cnc3c(c2)oc2cc4ccccc4cc23)cc1.